The van der Waals surface area contributed by atoms with E-state index in [0.717, 1.165) is 58.5 Å². The number of benzene rings is 1. The van der Waals surface area contributed by atoms with Crippen LogP contribution in [0.15, 0.2) is 30.5 Å². The van der Waals surface area contributed by atoms with Crippen molar-refractivity contribution in [1.29, 1.82) is 0 Å². The summed E-state index contributed by atoms with van der Waals surface area (Å²) in [5.41, 5.74) is 4.97. The van der Waals surface area contributed by atoms with Crippen LogP contribution in [-0.2, 0) is 6.42 Å². The SMILES string of the molecule is COc1ccc(Cc2nccc(-c3c(C)n[nH]c3C)n2)cc1OCCCN1CCCC1. The van der Waals surface area contributed by atoms with E-state index >= 15 is 0 Å². The molecule has 0 unspecified atom stereocenters. The van der Waals surface area contributed by atoms with Crippen molar-refractivity contribution in [2.75, 3.05) is 33.4 Å². The maximum atomic E-state index is 6.08. The van der Waals surface area contributed by atoms with Crippen LogP contribution in [0.25, 0.3) is 11.3 Å². The summed E-state index contributed by atoms with van der Waals surface area (Å²) in [6.07, 6.45) is 6.09. The minimum absolute atomic E-state index is 0.623. The Bertz CT molecular complexity index is 991. The Kier molecular flexibility index (Phi) is 6.82. The number of likely N-dealkylation sites (tertiary alicyclic amines) is 1. The van der Waals surface area contributed by atoms with Crippen LogP contribution in [0.3, 0.4) is 0 Å². The fraction of sp³-hybridized carbons (Fsp3) is 0.458. The molecule has 1 aliphatic heterocycles. The van der Waals surface area contributed by atoms with E-state index < -0.39 is 0 Å². The summed E-state index contributed by atoms with van der Waals surface area (Å²) in [4.78, 5) is 11.8. The number of hydrogen-bond acceptors (Lipinski definition) is 6. The van der Waals surface area contributed by atoms with Crippen LogP contribution in [0.5, 0.6) is 11.5 Å². The highest BCUT2D eigenvalue weighted by atomic mass is 16.5. The highest BCUT2D eigenvalue weighted by molar-refractivity contribution is 5.64. The van der Waals surface area contributed by atoms with E-state index in [1.54, 1.807) is 7.11 Å². The van der Waals surface area contributed by atoms with E-state index in [-0.39, 0.29) is 0 Å². The van der Waals surface area contributed by atoms with Crippen molar-refractivity contribution in [3.63, 3.8) is 0 Å². The zero-order chi connectivity index (χ0) is 21.6. The molecule has 4 rings (SSSR count). The number of aryl methyl sites for hydroxylation is 2. The highest BCUT2D eigenvalue weighted by Crippen LogP contribution is 2.29. The van der Waals surface area contributed by atoms with E-state index in [9.17, 15) is 0 Å². The average Bonchev–Trinajstić information content (AvgIpc) is 3.41. The van der Waals surface area contributed by atoms with Crippen molar-refractivity contribution in [1.82, 2.24) is 25.1 Å². The molecule has 0 bridgehead atoms. The van der Waals surface area contributed by atoms with Crippen LogP contribution in [0.4, 0.5) is 0 Å². The molecule has 0 radical (unpaired) electrons. The second-order valence-corrected chi connectivity index (χ2v) is 8.08. The third-order valence-corrected chi connectivity index (χ3v) is 5.75. The first-order chi connectivity index (χ1) is 15.1. The summed E-state index contributed by atoms with van der Waals surface area (Å²) in [5, 5.41) is 7.30. The number of nitrogens with zero attached hydrogens (tertiary/aromatic N) is 4. The molecule has 0 spiro atoms. The number of methoxy groups -OCH3 is 1. The fourth-order valence-corrected chi connectivity index (χ4v) is 4.15. The standard InChI is InChI=1S/C24H31N5O2/c1-17-24(18(2)28-27-17)20-9-10-25-23(26-20)16-19-7-8-21(30-3)22(15-19)31-14-6-13-29-11-4-5-12-29/h7-10,15H,4-6,11-14,16H2,1-3H3,(H,27,28). The molecule has 7 nitrogen and oxygen atoms in total. The molecular formula is C24H31N5O2. The van der Waals surface area contributed by atoms with Gasteiger partial charge in [0.05, 0.1) is 25.1 Å². The van der Waals surface area contributed by atoms with Crippen LogP contribution in [0.1, 0.15) is 42.0 Å². The van der Waals surface area contributed by atoms with Gasteiger partial charge in [-0.25, -0.2) is 9.97 Å². The van der Waals surface area contributed by atoms with Gasteiger partial charge in [0, 0.05) is 30.4 Å². The van der Waals surface area contributed by atoms with Gasteiger partial charge in [-0.05, 0) is 70.0 Å². The van der Waals surface area contributed by atoms with E-state index in [1.165, 1.54) is 25.9 Å². The summed E-state index contributed by atoms with van der Waals surface area (Å²) >= 11 is 0. The van der Waals surface area contributed by atoms with Crippen molar-refractivity contribution < 1.29 is 9.47 Å². The molecule has 3 aromatic rings. The summed E-state index contributed by atoms with van der Waals surface area (Å²) in [6.45, 7) is 8.20. The normalized spacial score (nSPS) is 14.2. The van der Waals surface area contributed by atoms with Crippen molar-refractivity contribution in [2.45, 2.75) is 39.5 Å². The largest absolute Gasteiger partial charge is 0.493 e. The molecule has 1 N–H and O–H groups in total. The lowest BCUT2D eigenvalue weighted by Crippen LogP contribution is -2.21. The Morgan fingerprint density at radius 1 is 1.10 bits per heavy atom. The molecule has 0 atom stereocenters. The van der Waals surface area contributed by atoms with Crippen LogP contribution < -0.4 is 9.47 Å². The second-order valence-electron chi connectivity index (χ2n) is 8.08. The quantitative estimate of drug-likeness (QED) is 0.527. The van der Waals surface area contributed by atoms with Crippen molar-refractivity contribution in [2.24, 2.45) is 0 Å². The van der Waals surface area contributed by atoms with E-state index in [2.05, 4.69) is 20.1 Å². The predicted octanol–water partition coefficient (Wildman–Crippen LogP) is 3.95. The summed E-state index contributed by atoms with van der Waals surface area (Å²) in [5.74, 6) is 2.30. The minimum atomic E-state index is 0.623. The van der Waals surface area contributed by atoms with Gasteiger partial charge in [-0.15, -0.1) is 0 Å². The number of nitrogens with one attached hydrogen (secondary N) is 1. The van der Waals surface area contributed by atoms with Gasteiger partial charge in [0.2, 0.25) is 0 Å². The highest BCUT2D eigenvalue weighted by Gasteiger charge is 2.13. The summed E-state index contributed by atoms with van der Waals surface area (Å²) < 4.78 is 11.6. The molecule has 1 aliphatic rings. The molecule has 1 aromatic carbocycles. The van der Waals surface area contributed by atoms with Crippen molar-refractivity contribution >= 4 is 0 Å². The van der Waals surface area contributed by atoms with Gasteiger partial charge in [0.1, 0.15) is 5.82 Å². The van der Waals surface area contributed by atoms with Gasteiger partial charge in [-0.1, -0.05) is 6.07 Å². The van der Waals surface area contributed by atoms with Crippen LogP contribution >= 0.6 is 0 Å². The zero-order valence-electron chi connectivity index (χ0n) is 18.6. The monoisotopic (exact) mass is 421 g/mol. The van der Waals surface area contributed by atoms with Gasteiger partial charge in [-0.3, -0.25) is 5.10 Å². The van der Waals surface area contributed by atoms with Gasteiger partial charge >= 0.3 is 0 Å². The van der Waals surface area contributed by atoms with Gasteiger partial charge in [-0.2, -0.15) is 5.10 Å². The van der Waals surface area contributed by atoms with Gasteiger partial charge in [0.15, 0.2) is 11.5 Å². The smallest absolute Gasteiger partial charge is 0.161 e. The Balaban J connectivity index is 1.43. The number of rotatable bonds is 9. The maximum absolute atomic E-state index is 6.08. The molecule has 3 heterocycles. The molecule has 1 fully saturated rings. The Morgan fingerprint density at radius 2 is 1.94 bits per heavy atom. The second kappa shape index (κ2) is 9.92. The van der Waals surface area contributed by atoms with Crippen molar-refractivity contribution in [3.05, 3.63) is 53.2 Å². The molecule has 0 saturated carbocycles. The first-order valence-corrected chi connectivity index (χ1v) is 11.0. The molecule has 1 saturated heterocycles. The topological polar surface area (TPSA) is 76.2 Å². The number of ether oxygens (including phenoxy) is 2. The molecule has 164 valence electrons. The molecule has 7 heteroatoms. The molecule has 31 heavy (non-hydrogen) atoms. The molecular weight excluding hydrogens is 390 g/mol. The number of aromatic nitrogens is 4. The lowest BCUT2D eigenvalue weighted by atomic mass is 10.1. The Morgan fingerprint density at radius 3 is 2.68 bits per heavy atom. The Hall–Kier alpha value is -2.93. The fourth-order valence-electron chi connectivity index (χ4n) is 4.15. The number of hydrogen-bond donors (Lipinski definition) is 1. The zero-order valence-corrected chi connectivity index (χ0v) is 18.6. The maximum Gasteiger partial charge on any atom is 0.161 e. The summed E-state index contributed by atoms with van der Waals surface area (Å²) in [7, 11) is 1.67. The van der Waals surface area contributed by atoms with E-state index in [4.69, 9.17) is 14.5 Å². The van der Waals surface area contributed by atoms with Gasteiger partial charge in [0.25, 0.3) is 0 Å². The van der Waals surface area contributed by atoms with E-state index in [1.807, 2.05) is 44.3 Å². The lowest BCUT2D eigenvalue weighted by molar-refractivity contribution is 0.254. The van der Waals surface area contributed by atoms with Crippen LogP contribution in [0, 0.1) is 13.8 Å². The third kappa shape index (κ3) is 5.22. The number of aromatic amines is 1. The summed E-state index contributed by atoms with van der Waals surface area (Å²) in [6, 6.07) is 7.97. The third-order valence-electron chi connectivity index (χ3n) is 5.75. The Labute approximate surface area is 183 Å². The van der Waals surface area contributed by atoms with Crippen molar-refractivity contribution in [3.8, 4) is 22.8 Å². The van der Waals surface area contributed by atoms with Gasteiger partial charge < -0.3 is 14.4 Å². The molecule has 2 aromatic heterocycles. The van der Waals surface area contributed by atoms with Crippen LogP contribution in [-0.4, -0.2) is 58.4 Å². The minimum Gasteiger partial charge on any atom is -0.493 e. The first-order valence-electron chi connectivity index (χ1n) is 11.0. The van der Waals surface area contributed by atoms with E-state index in [0.29, 0.717) is 13.0 Å². The first kappa shape index (κ1) is 21.3. The lowest BCUT2D eigenvalue weighted by Gasteiger charge is -2.16. The van der Waals surface area contributed by atoms with Crippen LogP contribution in [0.2, 0.25) is 0 Å². The predicted molar refractivity (Wildman–Crippen MR) is 121 cm³/mol. The molecule has 0 amide bonds. The number of H-pyrrole nitrogens is 1. The average molecular weight is 422 g/mol. The molecule has 0 aliphatic carbocycles.